The summed E-state index contributed by atoms with van der Waals surface area (Å²) < 4.78 is 0. The van der Waals surface area contributed by atoms with Gasteiger partial charge in [0.25, 0.3) is 0 Å². The van der Waals surface area contributed by atoms with Crippen molar-refractivity contribution < 1.29 is 9.59 Å². The number of carbonyl (C=O) groups excluding carboxylic acids is 2. The number of fused-ring (bicyclic) bond motifs is 1. The molecule has 0 bridgehead atoms. The number of hydrogen-bond donors (Lipinski definition) is 1. The Bertz CT molecular complexity index is 639. The fraction of sp³-hybridized carbons (Fsp3) is 0.684. The largest absolute Gasteiger partial charge is 0.338 e. The van der Waals surface area contributed by atoms with Crippen LogP contribution in [0.15, 0.2) is 11.4 Å². The predicted molar refractivity (Wildman–Crippen MR) is 98.5 cm³/mol. The maximum atomic E-state index is 12.4. The average molecular weight is 362 g/mol. The van der Waals surface area contributed by atoms with Gasteiger partial charge in [-0.3, -0.25) is 4.79 Å². The molecule has 2 saturated carbocycles. The van der Waals surface area contributed by atoms with Gasteiger partial charge in [0.1, 0.15) is 0 Å². The second kappa shape index (κ2) is 6.98. The number of nitrogens with zero attached hydrogens (tertiary/aromatic N) is 2. The molecule has 25 heavy (non-hydrogen) atoms. The Morgan fingerprint density at radius 3 is 2.72 bits per heavy atom. The van der Waals surface area contributed by atoms with E-state index in [1.807, 2.05) is 16.8 Å². The van der Waals surface area contributed by atoms with Crippen molar-refractivity contribution >= 4 is 23.3 Å². The van der Waals surface area contributed by atoms with E-state index in [0.717, 1.165) is 19.5 Å². The van der Waals surface area contributed by atoms with Crippen LogP contribution in [-0.2, 0) is 17.8 Å². The Hall–Kier alpha value is -1.56. The highest BCUT2D eigenvalue weighted by molar-refractivity contribution is 7.10. The fourth-order valence-electron chi connectivity index (χ4n) is 4.05. The van der Waals surface area contributed by atoms with Crippen LogP contribution >= 0.6 is 11.3 Å². The minimum Gasteiger partial charge on any atom is -0.338 e. The first kappa shape index (κ1) is 16.9. The maximum Gasteiger partial charge on any atom is 0.317 e. The summed E-state index contributed by atoms with van der Waals surface area (Å²) >= 11 is 1.78. The van der Waals surface area contributed by atoms with Gasteiger partial charge in [0.05, 0.1) is 0 Å². The molecule has 4 rings (SSSR count). The van der Waals surface area contributed by atoms with Crippen molar-refractivity contribution in [2.24, 2.45) is 11.8 Å². The van der Waals surface area contributed by atoms with Crippen LogP contribution in [0.5, 0.6) is 0 Å². The third-order valence-electron chi connectivity index (χ3n) is 5.75. The molecule has 1 aromatic heterocycles. The van der Waals surface area contributed by atoms with Crippen molar-refractivity contribution in [3.63, 3.8) is 0 Å². The Morgan fingerprint density at radius 1 is 1.32 bits per heavy atom. The molecule has 3 aliphatic rings. The van der Waals surface area contributed by atoms with Crippen LogP contribution in [-0.4, -0.2) is 47.9 Å². The van der Waals surface area contributed by atoms with Crippen LogP contribution in [0.25, 0.3) is 0 Å². The second-order valence-electron chi connectivity index (χ2n) is 7.69. The molecule has 0 aromatic carbocycles. The fourth-order valence-corrected chi connectivity index (χ4v) is 4.94. The Labute approximate surface area is 153 Å². The molecular weight excluding hydrogens is 334 g/mol. The van der Waals surface area contributed by atoms with E-state index in [2.05, 4.69) is 16.8 Å². The molecule has 2 fully saturated rings. The van der Waals surface area contributed by atoms with Crippen LogP contribution in [0, 0.1) is 11.8 Å². The van der Waals surface area contributed by atoms with Gasteiger partial charge in [-0.25, -0.2) is 4.79 Å². The van der Waals surface area contributed by atoms with Crippen molar-refractivity contribution in [1.29, 1.82) is 0 Å². The summed E-state index contributed by atoms with van der Waals surface area (Å²) in [7, 11) is 1.92. The van der Waals surface area contributed by atoms with E-state index in [9.17, 15) is 9.59 Å². The average Bonchev–Trinajstić information content (AvgIpc) is 3.54. The van der Waals surface area contributed by atoms with Gasteiger partial charge in [0, 0.05) is 44.0 Å². The summed E-state index contributed by atoms with van der Waals surface area (Å²) in [5.74, 6) is 1.55. The highest BCUT2D eigenvalue weighted by atomic mass is 32.1. The molecule has 1 aromatic rings. The second-order valence-corrected chi connectivity index (χ2v) is 8.69. The lowest BCUT2D eigenvalue weighted by atomic mass is 10.1. The zero-order chi connectivity index (χ0) is 17.4. The lowest BCUT2D eigenvalue weighted by molar-refractivity contribution is -0.131. The zero-order valence-corrected chi connectivity index (χ0v) is 15.7. The SMILES string of the molecule is CN(C(=O)NCCC(=O)N1CCc2sccc2C1)C(C1CC1)C1CC1. The van der Waals surface area contributed by atoms with Gasteiger partial charge < -0.3 is 15.1 Å². The minimum absolute atomic E-state index is 0.0182. The molecule has 136 valence electrons. The lowest BCUT2D eigenvalue weighted by Crippen LogP contribution is -2.46. The van der Waals surface area contributed by atoms with Gasteiger partial charge in [0.2, 0.25) is 5.91 Å². The van der Waals surface area contributed by atoms with Crippen molar-refractivity contribution in [2.75, 3.05) is 20.1 Å². The molecule has 2 aliphatic carbocycles. The number of hydrogen-bond acceptors (Lipinski definition) is 3. The molecule has 1 aliphatic heterocycles. The molecule has 0 spiro atoms. The molecule has 3 amide bonds. The summed E-state index contributed by atoms with van der Waals surface area (Å²) in [5, 5.41) is 5.06. The first-order chi connectivity index (χ1) is 12.1. The number of urea groups is 1. The Morgan fingerprint density at radius 2 is 2.04 bits per heavy atom. The number of thiophene rings is 1. The third kappa shape index (κ3) is 3.84. The highest BCUT2D eigenvalue weighted by Gasteiger charge is 2.44. The van der Waals surface area contributed by atoms with Gasteiger partial charge in [0.15, 0.2) is 0 Å². The summed E-state index contributed by atoms with van der Waals surface area (Å²) in [6.45, 7) is 1.94. The van der Waals surface area contributed by atoms with E-state index in [4.69, 9.17) is 0 Å². The summed E-state index contributed by atoms with van der Waals surface area (Å²) in [4.78, 5) is 30.1. The van der Waals surface area contributed by atoms with E-state index in [1.165, 1.54) is 36.1 Å². The molecule has 2 heterocycles. The van der Waals surface area contributed by atoms with Crippen molar-refractivity contribution in [2.45, 2.75) is 51.1 Å². The Kier molecular flexibility index (Phi) is 4.71. The van der Waals surface area contributed by atoms with E-state index in [1.54, 1.807) is 11.3 Å². The lowest BCUT2D eigenvalue weighted by Gasteiger charge is -2.29. The molecule has 0 unspecified atom stereocenters. The summed E-state index contributed by atoms with van der Waals surface area (Å²) in [6, 6.07) is 2.51. The maximum absolute atomic E-state index is 12.4. The van der Waals surface area contributed by atoms with Gasteiger partial charge in [-0.1, -0.05) is 0 Å². The highest BCUT2D eigenvalue weighted by Crippen LogP contribution is 2.46. The van der Waals surface area contributed by atoms with Crippen LogP contribution in [0.4, 0.5) is 4.79 Å². The van der Waals surface area contributed by atoms with Crippen LogP contribution in [0.2, 0.25) is 0 Å². The number of rotatable bonds is 6. The smallest absolute Gasteiger partial charge is 0.317 e. The van der Waals surface area contributed by atoms with Gasteiger partial charge >= 0.3 is 6.03 Å². The number of amides is 3. The standard InChI is InChI=1S/C19H27N3O2S/c1-21(18(13-2-3-13)14-4-5-14)19(24)20-9-6-17(23)22-10-7-16-15(12-22)8-11-25-16/h8,11,13-14,18H,2-7,9-10,12H2,1H3,(H,20,24). The van der Waals surface area contributed by atoms with Crippen molar-refractivity contribution in [3.05, 3.63) is 21.9 Å². The summed E-state index contributed by atoms with van der Waals surface area (Å²) in [6.07, 6.45) is 6.39. The van der Waals surface area contributed by atoms with E-state index in [-0.39, 0.29) is 11.9 Å². The Balaban J connectivity index is 1.22. The third-order valence-corrected chi connectivity index (χ3v) is 6.78. The van der Waals surface area contributed by atoms with Crippen molar-refractivity contribution in [3.8, 4) is 0 Å². The first-order valence-electron chi connectivity index (χ1n) is 9.47. The monoisotopic (exact) mass is 361 g/mol. The van der Waals surface area contributed by atoms with E-state index in [0.29, 0.717) is 30.8 Å². The van der Waals surface area contributed by atoms with Crippen molar-refractivity contribution in [1.82, 2.24) is 15.1 Å². The molecule has 1 N–H and O–H groups in total. The van der Waals surface area contributed by atoms with Gasteiger partial charge in [-0.2, -0.15) is 0 Å². The topological polar surface area (TPSA) is 52.7 Å². The predicted octanol–water partition coefficient (Wildman–Crippen LogP) is 2.85. The molecule has 0 saturated heterocycles. The minimum atomic E-state index is -0.0182. The van der Waals surface area contributed by atoms with Crippen LogP contribution in [0.3, 0.4) is 0 Å². The van der Waals surface area contributed by atoms with E-state index >= 15 is 0 Å². The van der Waals surface area contributed by atoms with E-state index < -0.39 is 0 Å². The summed E-state index contributed by atoms with van der Waals surface area (Å²) in [5.41, 5.74) is 1.28. The van der Waals surface area contributed by atoms with Crippen LogP contribution < -0.4 is 5.32 Å². The van der Waals surface area contributed by atoms with Gasteiger partial charge in [-0.15, -0.1) is 11.3 Å². The number of nitrogens with one attached hydrogen (secondary N) is 1. The van der Waals surface area contributed by atoms with Crippen LogP contribution in [0.1, 0.15) is 42.5 Å². The molecule has 0 radical (unpaired) electrons. The normalized spacial score (nSPS) is 19.7. The molecule has 5 nitrogen and oxygen atoms in total. The zero-order valence-electron chi connectivity index (χ0n) is 14.9. The van der Waals surface area contributed by atoms with Gasteiger partial charge in [-0.05, 0) is 60.9 Å². The quantitative estimate of drug-likeness (QED) is 0.847. The molecule has 6 heteroatoms. The molecular formula is C19H27N3O2S. The number of carbonyl (C=O) groups is 2. The first-order valence-corrected chi connectivity index (χ1v) is 10.3. The molecule has 0 atom stereocenters.